The molecule has 1 amide bonds. The Hall–Kier alpha value is -2.70. The van der Waals surface area contributed by atoms with Gasteiger partial charge in [-0.1, -0.05) is 42.5 Å². The second-order valence-electron chi connectivity index (χ2n) is 7.81. The highest BCUT2D eigenvalue weighted by Gasteiger charge is 2.15. The van der Waals surface area contributed by atoms with Crippen molar-refractivity contribution in [1.29, 1.82) is 0 Å². The van der Waals surface area contributed by atoms with Crippen LogP contribution in [0.25, 0.3) is 0 Å². The van der Waals surface area contributed by atoms with Crippen molar-refractivity contribution in [1.82, 2.24) is 5.32 Å². The molecule has 1 fully saturated rings. The number of esters is 1. The molecule has 2 aromatic rings. The SMILES string of the molecule is C[C@@H](CCc1ccccc1)NC(=O)COC(=O)c1ccc(C[NH+]2CCOCC2)cc1. The van der Waals surface area contributed by atoms with Gasteiger partial charge >= 0.3 is 5.97 Å². The van der Waals surface area contributed by atoms with Gasteiger partial charge in [-0.2, -0.15) is 0 Å². The standard InChI is InChI=1S/C24H30N2O4/c1-19(7-8-20-5-3-2-4-6-20)25-23(27)18-30-24(28)22-11-9-21(10-12-22)17-26-13-15-29-16-14-26/h2-6,9-12,19H,7-8,13-18H2,1H3,(H,25,27)/p+1/t19-/m0/s1. The number of carbonyl (C=O) groups is 2. The summed E-state index contributed by atoms with van der Waals surface area (Å²) >= 11 is 0. The van der Waals surface area contributed by atoms with Gasteiger partial charge in [0.25, 0.3) is 5.91 Å². The molecule has 0 bridgehead atoms. The lowest BCUT2D eigenvalue weighted by atomic mass is 10.1. The maximum Gasteiger partial charge on any atom is 0.338 e. The Morgan fingerprint density at radius 1 is 1.03 bits per heavy atom. The maximum atomic E-state index is 12.2. The van der Waals surface area contributed by atoms with Crippen molar-refractivity contribution in [3.63, 3.8) is 0 Å². The largest absolute Gasteiger partial charge is 0.452 e. The molecule has 0 aliphatic carbocycles. The van der Waals surface area contributed by atoms with Crippen LogP contribution in [0.2, 0.25) is 0 Å². The van der Waals surface area contributed by atoms with Crippen molar-refractivity contribution < 1.29 is 24.0 Å². The van der Waals surface area contributed by atoms with E-state index in [1.807, 2.05) is 37.3 Å². The molecule has 30 heavy (non-hydrogen) atoms. The second kappa shape index (κ2) is 11.5. The summed E-state index contributed by atoms with van der Waals surface area (Å²) in [6.45, 7) is 6.21. The first-order valence-corrected chi connectivity index (χ1v) is 10.6. The number of nitrogens with one attached hydrogen (secondary N) is 2. The summed E-state index contributed by atoms with van der Waals surface area (Å²) in [4.78, 5) is 25.8. The number of carbonyl (C=O) groups excluding carboxylic acids is 2. The lowest BCUT2D eigenvalue weighted by Crippen LogP contribution is -3.12. The van der Waals surface area contributed by atoms with Gasteiger partial charge in [0.1, 0.15) is 19.6 Å². The van der Waals surface area contributed by atoms with E-state index in [0.29, 0.717) is 5.56 Å². The Kier molecular flexibility index (Phi) is 8.41. The van der Waals surface area contributed by atoms with Crippen LogP contribution in [-0.2, 0) is 27.2 Å². The van der Waals surface area contributed by atoms with Crippen LogP contribution in [0.1, 0.15) is 34.8 Å². The summed E-state index contributed by atoms with van der Waals surface area (Å²) < 4.78 is 10.5. The van der Waals surface area contributed by atoms with E-state index in [9.17, 15) is 9.59 Å². The second-order valence-corrected chi connectivity index (χ2v) is 7.81. The van der Waals surface area contributed by atoms with Gasteiger partial charge in [0.15, 0.2) is 6.61 Å². The van der Waals surface area contributed by atoms with Crippen molar-refractivity contribution in [2.24, 2.45) is 0 Å². The molecule has 0 aromatic heterocycles. The highest BCUT2D eigenvalue weighted by Crippen LogP contribution is 2.07. The van der Waals surface area contributed by atoms with Gasteiger partial charge in [0.05, 0.1) is 18.8 Å². The zero-order chi connectivity index (χ0) is 21.2. The molecule has 3 rings (SSSR count). The van der Waals surface area contributed by atoms with Gasteiger partial charge < -0.3 is 19.7 Å². The number of amides is 1. The van der Waals surface area contributed by atoms with E-state index in [1.54, 1.807) is 12.1 Å². The molecule has 2 N–H and O–H groups in total. The summed E-state index contributed by atoms with van der Waals surface area (Å²) in [5.74, 6) is -0.760. The van der Waals surface area contributed by atoms with E-state index in [-0.39, 0.29) is 18.6 Å². The lowest BCUT2D eigenvalue weighted by molar-refractivity contribution is -0.921. The van der Waals surface area contributed by atoms with Gasteiger partial charge in [-0.05, 0) is 37.5 Å². The Labute approximate surface area is 178 Å². The predicted octanol–water partition coefficient (Wildman–Crippen LogP) is 1.40. The first-order chi connectivity index (χ1) is 14.6. The third-order valence-corrected chi connectivity index (χ3v) is 5.29. The molecule has 1 aliphatic rings. The van der Waals surface area contributed by atoms with Gasteiger partial charge in [-0.3, -0.25) is 4.79 Å². The topological polar surface area (TPSA) is 69.1 Å². The number of morpholine rings is 1. The average Bonchev–Trinajstić information content (AvgIpc) is 2.78. The van der Waals surface area contributed by atoms with Crippen LogP contribution in [0, 0.1) is 0 Å². The van der Waals surface area contributed by atoms with Gasteiger partial charge in [-0.25, -0.2) is 4.79 Å². The molecular formula is C24H31N2O4+. The third kappa shape index (κ3) is 7.28. The summed E-state index contributed by atoms with van der Waals surface area (Å²) in [7, 11) is 0. The van der Waals surface area contributed by atoms with E-state index < -0.39 is 5.97 Å². The lowest BCUT2D eigenvalue weighted by Gasteiger charge is -2.23. The van der Waals surface area contributed by atoms with Crippen LogP contribution < -0.4 is 10.2 Å². The Morgan fingerprint density at radius 3 is 2.43 bits per heavy atom. The summed E-state index contributed by atoms with van der Waals surface area (Å²) in [6, 6.07) is 17.6. The van der Waals surface area contributed by atoms with E-state index in [1.165, 1.54) is 16.0 Å². The predicted molar refractivity (Wildman–Crippen MR) is 114 cm³/mol. The van der Waals surface area contributed by atoms with E-state index in [0.717, 1.165) is 45.7 Å². The number of quaternary nitrogens is 1. The van der Waals surface area contributed by atoms with Crippen molar-refractivity contribution in [2.45, 2.75) is 32.4 Å². The summed E-state index contributed by atoms with van der Waals surface area (Å²) in [5.41, 5.74) is 2.87. The summed E-state index contributed by atoms with van der Waals surface area (Å²) in [6.07, 6.45) is 1.72. The molecular weight excluding hydrogens is 380 g/mol. The Balaban J connectivity index is 1.37. The van der Waals surface area contributed by atoms with E-state index in [2.05, 4.69) is 17.4 Å². The number of aryl methyl sites for hydroxylation is 1. The molecule has 1 saturated heterocycles. The van der Waals surface area contributed by atoms with Crippen LogP contribution >= 0.6 is 0 Å². The molecule has 1 heterocycles. The number of rotatable bonds is 9. The highest BCUT2D eigenvalue weighted by molar-refractivity contribution is 5.91. The van der Waals surface area contributed by atoms with Crippen LogP contribution in [0.3, 0.4) is 0 Å². The van der Waals surface area contributed by atoms with Crippen molar-refractivity contribution in [3.8, 4) is 0 Å². The van der Waals surface area contributed by atoms with E-state index >= 15 is 0 Å². The van der Waals surface area contributed by atoms with Gasteiger partial charge in [0.2, 0.25) is 0 Å². The fourth-order valence-corrected chi connectivity index (χ4v) is 3.52. The fourth-order valence-electron chi connectivity index (χ4n) is 3.52. The molecule has 1 aliphatic heterocycles. The van der Waals surface area contributed by atoms with Gasteiger partial charge in [-0.15, -0.1) is 0 Å². The molecule has 1 atom stereocenters. The van der Waals surface area contributed by atoms with Crippen molar-refractivity contribution in [3.05, 3.63) is 71.3 Å². The quantitative estimate of drug-likeness (QED) is 0.612. The maximum absolute atomic E-state index is 12.2. The minimum absolute atomic E-state index is 0.0124. The van der Waals surface area contributed by atoms with Crippen LogP contribution in [0.4, 0.5) is 0 Å². The fraction of sp³-hybridized carbons (Fsp3) is 0.417. The highest BCUT2D eigenvalue weighted by atomic mass is 16.5. The number of hydrogen-bond donors (Lipinski definition) is 2. The molecule has 160 valence electrons. The Morgan fingerprint density at radius 2 is 1.73 bits per heavy atom. The van der Waals surface area contributed by atoms with Crippen molar-refractivity contribution in [2.75, 3.05) is 32.9 Å². The normalized spacial score (nSPS) is 15.4. The molecule has 2 aromatic carbocycles. The average molecular weight is 412 g/mol. The van der Waals surface area contributed by atoms with E-state index in [4.69, 9.17) is 9.47 Å². The molecule has 0 unspecified atom stereocenters. The molecule has 0 saturated carbocycles. The van der Waals surface area contributed by atoms with Crippen LogP contribution in [0.5, 0.6) is 0 Å². The molecule has 6 heteroatoms. The summed E-state index contributed by atoms with van der Waals surface area (Å²) in [5, 5.41) is 2.88. The number of ether oxygens (including phenoxy) is 2. The smallest absolute Gasteiger partial charge is 0.338 e. The molecule has 6 nitrogen and oxygen atoms in total. The minimum atomic E-state index is -0.479. The zero-order valence-electron chi connectivity index (χ0n) is 17.6. The van der Waals surface area contributed by atoms with Crippen LogP contribution in [-0.4, -0.2) is 50.8 Å². The van der Waals surface area contributed by atoms with Crippen molar-refractivity contribution >= 4 is 11.9 Å². The number of hydrogen-bond acceptors (Lipinski definition) is 4. The minimum Gasteiger partial charge on any atom is -0.452 e. The third-order valence-electron chi connectivity index (χ3n) is 5.29. The zero-order valence-corrected chi connectivity index (χ0v) is 17.6. The Bertz CT molecular complexity index is 802. The van der Waals surface area contributed by atoms with Crippen LogP contribution in [0.15, 0.2) is 54.6 Å². The van der Waals surface area contributed by atoms with Gasteiger partial charge in [0, 0.05) is 11.6 Å². The molecule has 0 radical (unpaired) electrons. The number of benzene rings is 2. The first-order valence-electron chi connectivity index (χ1n) is 10.6. The molecule has 0 spiro atoms. The monoisotopic (exact) mass is 411 g/mol. The first kappa shape index (κ1) is 22.0.